The highest BCUT2D eigenvalue weighted by atomic mass is 15.5. The Morgan fingerprint density at radius 2 is 2.43 bits per heavy atom. The van der Waals surface area contributed by atoms with E-state index < -0.39 is 0 Å². The standard InChI is InChI=1S/C7H9N7/c1-5(7-11-13-14-12-7)10-6-2-3-8-4-9-6/h2-5H,1H3,(H,8,9,10)(H,11,12,13,14). The molecular formula is C7H9N7. The quantitative estimate of drug-likeness (QED) is 0.718. The van der Waals surface area contributed by atoms with Gasteiger partial charge in [-0.3, -0.25) is 0 Å². The molecule has 7 heteroatoms. The van der Waals surface area contributed by atoms with Gasteiger partial charge in [0.25, 0.3) is 0 Å². The second-order valence-corrected chi connectivity index (χ2v) is 2.73. The minimum atomic E-state index is -0.0383. The molecule has 0 saturated heterocycles. The van der Waals surface area contributed by atoms with Crippen LogP contribution in [-0.4, -0.2) is 30.6 Å². The molecule has 1 unspecified atom stereocenters. The molecule has 0 aliphatic heterocycles. The normalized spacial score (nSPS) is 12.4. The van der Waals surface area contributed by atoms with Crippen LogP contribution in [0, 0.1) is 0 Å². The van der Waals surface area contributed by atoms with Crippen LogP contribution in [0.5, 0.6) is 0 Å². The summed E-state index contributed by atoms with van der Waals surface area (Å²) in [7, 11) is 0. The molecule has 0 amide bonds. The zero-order chi connectivity index (χ0) is 9.80. The zero-order valence-electron chi connectivity index (χ0n) is 7.55. The van der Waals surface area contributed by atoms with Crippen LogP contribution >= 0.6 is 0 Å². The van der Waals surface area contributed by atoms with Crippen LogP contribution in [0.3, 0.4) is 0 Å². The third kappa shape index (κ3) is 1.82. The van der Waals surface area contributed by atoms with Gasteiger partial charge in [-0.05, 0) is 13.0 Å². The third-order valence-corrected chi connectivity index (χ3v) is 1.70. The number of hydrogen-bond donors (Lipinski definition) is 2. The van der Waals surface area contributed by atoms with E-state index in [2.05, 4.69) is 35.9 Å². The van der Waals surface area contributed by atoms with Crippen molar-refractivity contribution in [1.29, 1.82) is 0 Å². The minimum absolute atomic E-state index is 0.0383. The van der Waals surface area contributed by atoms with Gasteiger partial charge in [0.2, 0.25) is 0 Å². The molecule has 2 rings (SSSR count). The van der Waals surface area contributed by atoms with Crippen LogP contribution in [0.25, 0.3) is 0 Å². The molecule has 7 nitrogen and oxygen atoms in total. The Balaban J connectivity index is 2.06. The molecule has 0 fully saturated rings. The number of H-pyrrole nitrogens is 1. The van der Waals surface area contributed by atoms with Crippen LogP contribution < -0.4 is 5.32 Å². The number of anilines is 1. The fourth-order valence-corrected chi connectivity index (χ4v) is 1.02. The first-order chi connectivity index (χ1) is 6.86. The number of nitrogens with zero attached hydrogens (tertiary/aromatic N) is 5. The van der Waals surface area contributed by atoms with E-state index in [4.69, 9.17) is 0 Å². The van der Waals surface area contributed by atoms with Crippen LogP contribution in [0.1, 0.15) is 18.8 Å². The monoisotopic (exact) mass is 191 g/mol. The zero-order valence-corrected chi connectivity index (χ0v) is 7.55. The molecule has 0 radical (unpaired) electrons. The Kier molecular flexibility index (Phi) is 2.30. The van der Waals surface area contributed by atoms with Gasteiger partial charge >= 0.3 is 0 Å². The van der Waals surface area contributed by atoms with Gasteiger partial charge in [0.15, 0.2) is 5.82 Å². The molecule has 2 N–H and O–H groups in total. The number of hydrogen-bond acceptors (Lipinski definition) is 6. The summed E-state index contributed by atoms with van der Waals surface area (Å²) >= 11 is 0. The average molecular weight is 191 g/mol. The summed E-state index contributed by atoms with van der Waals surface area (Å²) in [4.78, 5) is 7.83. The van der Waals surface area contributed by atoms with E-state index in [1.165, 1.54) is 6.33 Å². The van der Waals surface area contributed by atoms with Crippen molar-refractivity contribution in [3.8, 4) is 0 Å². The predicted octanol–water partition coefficient (Wildman–Crippen LogP) is 0.163. The van der Waals surface area contributed by atoms with Crippen molar-refractivity contribution in [3.05, 3.63) is 24.4 Å². The van der Waals surface area contributed by atoms with E-state index >= 15 is 0 Å². The fourth-order valence-electron chi connectivity index (χ4n) is 1.02. The summed E-state index contributed by atoms with van der Waals surface area (Å²) in [5, 5.41) is 16.7. The smallest absolute Gasteiger partial charge is 0.196 e. The largest absolute Gasteiger partial charge is 0.360 e. The van der Waals surface area contributed by atoms with E-state index in [9.17, 15) is 0 Å². The molecule has 0 saturated carbocycles. The summed E-state index contributed by atoms with van der Waals surface area (Å²) in [5.41, 5.74) is 0. The first-order valence-electron chi connectivity index (χ1n) is 4.12. The van der Waals surface area contributed by atoms with Crippen LogP contribution in [-0.2, 0) is 0 Å². The molecule has 2 heterocycles. The summed E-state index contributed by atoms with van der Waals surface area (Å²) in [6, 6.07) is 1.74. The lowest BCUT2D eigenvalue weighted by Gasteiger charge is -2.09. The average Bonchev–Trinajstić information content (AvgIpc) is 2.72. The van der Waals surface area contributed by atoms with Gasteiger partial charge in [-0.2, -0.15) is 5.21 Å². The fraction of sp³-hybridized carbons (Fsp3) is 0.286. The van der Waals surface area contributed by atoms with Gasteiger partial charge < -0.3 is 5.32 Å². The second kappa shape index (κ2) is 3.77. The molecule has 0 aromatic carbocycles. The van der Waals surface area contributed by atoms with Gasteiger partial charge in [0.05, 0.1) is 6.04 Å². The molecule has 2 aromatic rings. The van der Waals surface area contributed by atoms with E-state index in [1.807, 2.05) is 6.92 Å². The van der Waals surface area contributed by atoms with Gasteiger partial charge in [0, 0.05) is 6.20 Å². The lowest BCUT2D eigenvalue weighted by Crippen LogP contribution is -2.09. The summed E-state index contributed by atoms with van der Waals surface area (Å²) < 4.78 is 0. The van der Waals surface area contributed by atoms with Gasteiger partial charge in [0.1, 0.15) is 12.1 Å². The van der Waals surface area contributed by atoms with Crippen molar-refractivity contribution in [2.45, 2.75) is 13.0 Å². The van der Waals surface area contributed by atoms with Gasteiger partial charge in [-0.25, -0.2) is 9.97 Å². The van der Waals surface area contributed by atoms with Crippen molar-refractivity contribution >= 4 is 5.82 Å². The molecule has 2 aromatic heterocycles. The van der Waals surface area contributed by atoms with E-state index in [0.29, 0.717) is 5.82 Å². The molecule has 0 spiro atoms. The van der Waals surface area contributed by atoms with Crippen LogP contribution in [0.4, 0.5) is 5.82 Å². The molecule has 72 valence electrons. The second-order valence-electron chi connectivity index (χ2n) is 2.73. The highest BCUT2D eigenvalue weighted by Crippen LogP contribution is 2.11. The lowest BCUT2D eigenvalue weighted by molar-refractivity contribution is 0.787. The number of nitrogens with one attached hydrogen (secondary N) is 2. The van der Waals surface area contributed by atoms with Crippen molar-refractivity contribution in [2.75, 3.05) is 5.32 Å². The van der Waals surface area contributed by atoms with Gasteiger partial charge in [-0.15, -0.1) is 10.2 Å². The lowest BCUT2D eigenvalue weighted by atomic mass is 10.3. The number of aromatic amines is 1. The first kappa shape index (κ1) is 8.54. The molecular weight excluding hydrogens is 182 g/mol. The van der Waals surface area contributed by atoms with E-state index in [-0.39, 0.29) is 6.04 Å². The van der Waals surface area contributed by atoms with Crippen LogP contribution in [0.2, 0.25) is 0 Å². The Bertz CT molecular complexity index is 370. The Hall–Kier alpha value is -2.05. The van der Waals surface area contributed by atoms with Gasteiger partial charge in [-0.1, -0.05) is 5.21 Å². The number of rotatable bonds is 3. The maximum absolute atomic E-state index is 4.02. The first-order valence-corrected chi connectivity index (χ1v) is 4.12. The maximum atomic E-state index is 4.02. The van der Waals surface area contributed by atoms with Crippen molar-refractivity contribution in [2.24, 2.45) is 0 Å². The SMILES string of the molecule is CC(Nc1ccncn1)c1nn[nH]n1. The minimum Gasteiger partial charge on any atom is -0.360 e. The third-order valence-electron chi connectivity index (χ3n) is 1.70. The molecule has 14 heavy (non-hydrogen) atoms. The number of aromatic nitrogens is 6. The highest BCUT2D eigenvalue weighted by Gasteiger charge is 2.09. The Morgan fingerprint density at radius 1 is 1.50 bits per heavy atom. The van der Waals surface area contributed by atoms with Crippen molar-refractivity contribution in [3.63, 3.8) is 0 Å². The Labute approximate surface area is 80.0 Å². The van der Waals surface area contributed by atoms with Crippen molar-refractivity contribution in [1.82, 2.24) is 30.6 Å². The van der Waals surface area contributed by atoms with Crippen molar-refractivity contribution < 1.29 is 0 Å². The molecule has 0 bridgehead atoms. The summed E-state index contributed by atoms with van der Waals surface area (Å²) in [5.74, 6) is 1.33. The molecule has 0 aliphatic rings. The van der Waals surface area contributed by atoms with E-state index in [1.54, 1.807) is 12.3 Å². The topological polar surface area (TPSA) is 92.3 Å². The number of tetrazole rings is 1. The van der Waals surface area contributed by atoms with E-state index in [0.717, 1.165) is 5.82 Å². The Morgan fingerprint density at radius 3 is 3.07 bits per heavy atom. The molecule has 1 atom stereocenters. The maximum Gasteiger partial charge on any atom is 0.196 e. The van der Waals surface area contributed by atoms with Crippen LogP contribution in [0.15, 0.2) is 18.6 Å². The predicted molar refractivity (Wildman–Crippen MR) is 48.2 cm³/mol. The highest BCUT2D eigenvalue weighted by molar-refractivity contribution is 5.33. The molecule has 0 aliphatic carbocycles. The summed E-state index contributed by atoms with van der Waals surface area (Å²) in [6.07, 6.45) is 3.14. The summed E-state index contributed by atoms with van der Waals surface area (Å²) in [6.45, 7) is 1.92.